The largest absolute Gasteiger partial charge is 0.480 e. The molecule has 0 atom stereocenters. The quantitative estimate of drug-likeness (QED) is 0.407. The minimum Gasteiger partial charge on any atom is -0.480 e. The first-order chi connectivity index (χ1) is 16.8. The number of benzene rings is 1. The first-order valence-corrected chi connectivity index (χ1v) is 11.8. The zero-order chi connectivity index (χ0) is 25.4. The molecule has 2 aromatic heterocycles. The van der Waals surface area contributed by atoms with Gasteiger partial charge in [0.25, 0.3) is 0 Å². The molecule has 0 spiro atoms. The summed E-state index contributed by atoms with van der Waals surface area (Å²) < 4.78 is 34.6. The van der Waals surface area contributed by atoms with Crippen molar-refractivity contribution in [1.29, 1.82) is 0 Å². The molecule has 3 heterocycles. The maximum absolute atomic E-state index is 12.4. The molecule has 7 nitrogen and oxygen atoms in total. The van der Waals surface area contributed by atoms with Gasteiger partial charge in [-0.15, -0.1) is 0 Å². The van der Waals surface area contributed by atoms with Crippen LogP contribution in [0.25, 0.3) is 11.1 Å². The fourth-order valence-corrected chi connectivity index (χ4v) is 3.71. The molecule has 188 valence electrons. The number of nitrogens with one attached hydrogen (secondary N) is 1. The van der Waals surface area contributed by atoms with Gasteiger partial charge in [0.1, 0.15) is 17.3 Å². The van der Waals surface area contributed by atoms with E-state index in [0.717, 1.165) is 37.1 Å². The fraction of sp³-hybridized carbons (Fsp3) is 0.423. The molecular formula is C26H33F2N5O2. The lowest BCUT2D eigenvalue weighted by Crippen LogP contribution is -2.38. The van der Waals surface area contributed by atoms with Crippen LogP contribution in [-0.4, -0.2) is 41.8 Å². The van der Waals surface area contributed by atoms with Gasteiger partial charge in [0, 0.05) is 31.0 Å². The van der Waals surface area contributed by atoms with Crippen molar-refractivity contribution in [3.05, 3.63) is 48.8 Å². The Kier molecular flexibility index (Phi) is 8.78. The van der Waals surface area contributed by atoms with E-state index < -0.39 is 6.61 Å². The van der Waals surface area contributed by atoms with Gasteiger partial charge in [-0.3, -0.25) is 0 Å². The van der Waals surface area contributed by atoms with Gasteiger partial charge in [0.2, 0.25) is 11.8 Å². The average molecular weight is 486 g/mol. The molecule has 1 aromatic carbocycles. The van der Waals surface area contributed by atoms with Crippen molar-refractivity contribution in [1.82, 2.24) is 15.0 Å². The van der Waals surface area contributed by atoms with Gasteiger partial charge in [0.05, 0.1) is 7.11 Å². The standard InChI is InChI=1S/C24H27F2N5O2.C2H6/c1-24(2)9-12-31(13-10-24)23-27-11-8-20(30-23)29-19-14-17(15-28-21(19)32-3)16-4-6-18(7-5-16)33-22(25)26;1-2/h4-8,11,14-15,22H,9-10,12-13H2,1-3H3,(H,27,29,30);1-2H3. The molecule has 1 aliphatic heterocycles. The zero-order valence-electron chi connectivity index (χ0n) is 20.9. The Morgan fingerprint density at radius 2 is 1.69 bits per heavy atom. The molecule has 0 radical (unpaired) electrons. The van der Waals surface area contributed by atoms with Crippen LogP contribution in [0.3, 0.4) is 0 Å². The monoisotopic (exact) mass is 485 g/mol. The molecule has 1 saturated heterocycles. The lowest BCUT2D eigenvalue weighted by atomic mass is 9.83. The number of piperidine rings is 1. The molecule has 3 aromatic rings. The number of methoxy groups -OCH3 is 1. The molecule has 1 N–H and O–H groups in total. The highest BCUT2D eigenvalue weighted by Crippen LogP contribution is 2.33. The van der Waals surface area contributed by atoms with Crippen molar-refractivity contribution in [2.75, 3.05) is 30.4 Å². The molecule has 9 heteroatoms. The predicted octanol–water partition coefficient (Wildman–Crippen LogP) is 6.54. The van der Waals surface area contributed by atoms with Gasteiger partial charge >= 0.3 is 6.61 Å². The van der Waals surface area contributed by atoms with Crippen molar-refractivity contribution in [3.63, 3.8) is 0 Å². The highest BCUT2D eigenvalue weighted by molar-refractivity contribution is 5.72. The van der Waals surface area contributed by atoms with E-state index in [0.29, 0.717) is 28.7 Å². The van der Waals surface area contributed by atoms with Gasteiger partial charge in [-0.05, 0) is 48.1 Å². The molecule has 1 fully saturated rings. The number of nitrogens with zero attached hydrogens (tertiary/aromatic N) is 4. The SMILES string of the molecule is CC.COc1ncc(-c2ccc(OC(F)F)cc2)cc1Nc1ccnc(N2CCC(C)(C)CC2)n1. The van der Waals surface area contributed by atoms with Crippen molar-refractivity contribution < 1.29 is 18.3 Å². The van der Waals surface area contributed by atoms with E-state index in [1.165, 1.54) is 12.1 Å². The second-order valence-corrected chi connectivity index (χ2v) is 8.70. The topological polar surface area (TPSA) is 72.4 Å². The molecule has 0 bridgehead atoms. The van der Waals surface area contributed by atoms with Crippen LogP contribution in [0.1, 0.15) is 40.5 Å². The first-order valence-electron chi connectivity index (χ1n) is 11.8. The van der Waals surface area contributed by atoms with E-state index in [4.69, 9.17) is 4.74 Å². The normalized spacial score (nSPS) is 14.7. The predicted molar refractivity (Wildman–Crippen MR) is 135 cm³/mol. The lowest BCUT2D eigenvalue weighted by Gasteiger charge is -2.36. The summed E-state index contributed by atoms with van der Waals surface area (Å²) in [6, 6.07) is 10.1. The zero-order valence-corrected chi connectivity index (χ0v) is 20.9. The molecule has 0 saturated carbocycles. The second-order valence-electron chi connectivity index (χ2n) is 8.70. The minimum absolute atomic E-state index is 0.100. The van der Waals surface area contributed by atoms with Crippen LogP contribution in [0, 0.1) is 5.41 Å². The molecule has 4 rings (SSSR count). The number of alkyl halides is 2. The van der Waals surface area contributed by atoms with E-state index in [9.17, 15) is 8.78 Å². The van der Waals surface area contributed by atoms with Gasteiger partial charge in [-0.2, -0.15) is 13.8 Å². The van der Waals surface area contributed by atoms with Gasteiger partial charge in [-0.1, -0.05) is 39.8 Å². The summed E-state index contributed by atoms with van der Waals surface area (Å²) in [5.41, 5.74) is 2.56. The fourth-order valence-electron chi connectivity index (χ4n) is 3.71. The number of ether oxygens (including phenoxy) is 2. The van der Waals surface area contributed by atoms with Crippen molar-refractivity contribution in [3.8, 4) is 22.8 Å². The number of aromatic nitrogens is 3. The number of halogens is 2. The number of hydrogen-bond donors (Lipinski definition) is 1. The van der Waals surface area contributed by atoms with Crippen LogP contribution < -0.4 is 19.7 Å². The Hall–Kier alpha value is -3.49. The number of anilines is 3. The Morgan fingerprint density at radius 3 is 2.31 bits per heavy atom. The third kappa shape index (κ3) is 7.00. The Morgan fingerprint density at radius 1 is 1.00 bits per heavy atom. The molecule has 0 amide bonds. The van der Waals surface area contributed by atoms with Gasteiger partial charge in [-0.25, -0.2) is 9.97 Å². The number of hydrogen-bond acceptors (Lipinski definition) is 7. The van der Waals surface area contributed by atoms with Crippen LogP contribution in [0.4, 0.5) is 26.2 Å². The average Bonchev–Trinajstić information content (AvgIpc) is 2.85. The number of pyridine rings is 1. The van der Waals surface area contributed by atoms with Crippen molar-refractivity contribution in [2.45, 2.75) is 47.1 Å². The highest BCUT2D eigenvalue weighted by Gasteiger charge is 2.26. The summed E-state index contributed by atoms with van der Waals surface area (Å²) in [6.45, 7) is 7.55. The maximum atomic E-state index is 12.4. The van der Waals surface area contributed by atoms with E-state index in [1.807, 2.05) is 19.9 Å². The Balaban J connectivity index is 0.00000167. The van der Waals surface area contributed by atoms with Crippen LogP contribution in [0.2, 0.25) is 0 Å². The lowest BCUT2D eigenvalue weighted by molar-refractivity contribution is -0.0498. The molecule has 0 aliphatic carbocycles. The third-order valence-corrected chi connectivity index (χ3v) is 5.76. The van der Waals surface area contributed by atoms with Crippen LogP contribution in [0.15, 0.2) is 48.8 Å². The summed E-state index contributed by atoms with van der Waals surface area (Å²) in [5.74, 6) is 1.83. The summed E-state index contributed by atoms with van der Waals surface area (Å²) in [5, 5.41) is 3.28. The van der Waals surface area contributed by atoms with E-state index >= 15 is 0 Å². The summed E-state index contributed by atoms with van der Waals surface area (Å²) >= 11 is 0. The molecule has 0 unspecified atom stereocenters. The van der Waals surface area contributed by atoms with Crippen LogP contribution in [-0.2, 0) is 0 Å². The summed E-state index contributed by atoms with van der Waals surface area (Å²) in [6.07, 6.45) is 5.58. The van der Waals surface area contributed by atoms with Crippen LogP contribution in [0.5, 0.6) is 11.6 Å². The Bertz CT molecular complexity index is 1080. The first kappa shape index (κ1) is 26.1. The van der Waals surface area contributed by atoms with Crippen LogP contribution >= 0.6 is 0 Å². The highest BCUT2D eigenvalue weighted by atomic mass is 19.3. The minimum atomic E-state index is -2.86. The maximum Gasteiger partial charge on any atom is 0.387 e. The summed E-state index contributed by atoms with van der Waals surface area (Å²) in [7, 11) is 1.55. The summed E-state index contributed by atoms with van der Waals surface area (Å²) in [4.78, 5) is 15.7. The van der Waals surface area contributed by atoms with Crippen molar-refractivity contribution in [2.24, 2.45) is 5.41 Å². The van der Waals surface area contributed by atoms with Gasteiger partial charge in [0.15, 0.2) is 0 Å². The smallest absolute Gasteiger partial charge is 0.387 e. The molecule has 35 heavy (non-hydrogen) atoms. The van der Waals surface area contributed by atoms with E-state index in [1.54, 1.807) is 37.7 Å². The number of rotatable bonds is 7. The van der Waals surface area contributed by atoms with E-state index in [2.05, 4.69) is 43.8 Å². The molecular weight excluding hydrogens is 452 g/mol. The Labute approximate surface area is 205 Å². The molecule has 1 aliphatic rings. The van der Waals surface area contributed by atoms with E-state index in [-0.39, 0.29) is 5.75 Å². The van der Waals surface area contributed by atoms with Crippen molar-refractivity contribution >= 4 is 17.5 Å². The third-order valence-electron chi connectivity index (χ3n) is 5.76. The second kappa shape index (κ2) is 11.8. The van der Waals surface area contributed by atoms with Gasteiger partial charge < -0.3 is 19.7 Å².